The van der Waals surface area contributed by atoms with E-state index in [-0.39, 0.29) is 11.9 Å². The average Bonchev–Trinajstić information content (AvgIpc) is 2.74. The summed E-state index contributed by atoms with van der Waals surface area (Å²) in [4.78, 5) is 24.2. The smallest absolute Gasteiger partial charge is 0.338 e. The standard InChI is InChI=1S/C23H21NO4/c1-2-16-27-23(26)18-8-12-19(13-9-18)24-22(25)17-10-14-21(15-11-17)28-20-6-4-3-5-7-20/h3-15H,2,16H2,1H3,(H,24,25). The van der Waals surface area contributed by atoms with E-state index in [0.29, 0.717) is 29.2 Å². The van der Waals surface area contributed by atoms with Crippen LogP contribution < -0.4 is 10.1 Å². The van der Waals surface area contributed by atoms with E-state index in [1.165, 1.54) is 0 Å². The molecule has 0 atom stereocenters. The van der Waals surface area contributed by atoms with Crippen molar-refractivity contribution in [2.45, 2.75) is 13.3 Å². The van der Waals surface area contributed by atoms with Gasteiger partial charge in [-0.2, -0.15) is 0 Å². The molecule has 0 aromatic heterocycles. The molecule has 0 fully saturated rings. The third-order valence-corrected chi connectivity index (χ3v) is 3.91. The van der Waals surface area contributed by atoms with Crippen LogP contribution in [0, 0.1) is 0 Å². The van der Waals surface area contributed by atoms with E-state index < -0.39 is 0 Å². The largest absolute Gasteiger partial charge is 0.462 e. The van der Waals surface area contributed by atoms with Crippen molar-refractivity contribution in [1.82, 2.24) is 0 Å². The summed E-state index contributed by atoms with van der Waals surface area (Å²) in [6, 6.07) is 22.9. The molecular formula is C23H21NO4. The highest BCUT2D eigenvalue weighted by Gasteiger charge is 2.09. The second-order valence-electron chi connectivity index (χ2n) is 6.11. The summed E-state index contributed by atoms with van der Waals surface area (Å²) in [6.07, 6.45) is 0.773. The van der Waals surface area contributed by atoms with Gasteiger partial charge in [-0.05, 0) is 67.1 Å². The van der Waals surface area contributed by atoms with Crippen LogP contribution in [-0.2, 0) is 4.74 Å². The second kappa shape index (κ2) is 9.37. The summed E-state index contributed by atoms with van der Waals surface area (Å²) in [7, 11) is 0. The highest BCUT2D eigenvalue weighted by molar-refractivity contribution is 6.04. The lowest BCUT2D eigenvalue weighted by Crippen LogP contribution is -2.12. The average molecular weight is 375 g/mol. The molecule has 3 aromatic rings. The van der Waals surface area contributed by atoms with Crippen molar-refractivity contribution in [1.29, 1.82) is 0 Å². The number of rotatable bonds is 7. The summed E-state index contributed by atoms with van der Waals surface area (Å²) >= 11 is 0. The van der Waals surface area contributed by atoms with Gasteiger partial charge in [0.2, 0.25) is 0 Å². The fourth-order valence-corrected chi connectivity index (χ4v) is 2.47. The fraction of sp³-hybridized carbons (Fsp3) is 0.130. The Kier molecular flexibility index (Phi) is 6.41. The minimum Gasteiger partial charge on any atom is -0.462 e. The number of anilines is 1. The number of carbonyl (C=O) groups excluding carboxylic acids is 2. The Balaban J connectivity index is 1.59. The Morgan fingerprint density at radius 3 is 2.04 bits per heavy atom. The van der Waals surface area contributed by atoms with Crippen LogP contribution in [0.15, 0.2) is 78.9 Å². The SMILES string of the molecule is CCCOC(=O)c1ccc(NC(=O)c2ccc(Oc3ccccc3)cc2)cc1. The van der Waals surface area contributed by atoms with Crippen LogP contribution in [0.25, 0.3) is 0 Å². The number of carbonyl (C=O) groups is 2. The Morgan fingerprint density at radius 1 is 0.786 bits per heavy atom. The first kappa shape index (κ1) is 19.2. The van der Waals surface area contributed by atoms with Crippen LogP contribution in [-0.4, -0.2) is 18.5 Å². The van der Waals surface area contributed by atoms with E-state index in [2.05, 4.69) is 5.32 Å². The van der Waals surface area contributed by atoms with E-state index in [0.717, 1.165) is 12.2 Å². The molecule has 5 nitrogen and oxygen atoms in total. The lowest BCUT2D eigenvalue weighted by atomic mass is 10.1. The highest BCUT2D eigenvalue weighted by atomic mass is 16.5. The molecule has 0 aliphatic heterocycles. The molecule has 5 heteroatoms. The van der Waals surface area contributed by atoms with Gasteiger partial charge >= 0.3 is 5.97 Å². The van der Waals surface area contributed by atoms with E-state index >= 15 is 0 Å². The van der Waals surface area contributed by atoms with Crippen molar-refractivity contribution < 1.29 is 19.1 Å². The van der Waals surface area contributed by atoms with Crippen molar-refractivity contribution in [2.75, 3.05) is 11.9 Å². The number of benzene rings is 3. The normalized spacial score (nSPS) is 10.2. The van der Waals surface area contributed by atoms with Crippen LogP contribution in [0.4, 0.5) is 5.69 Å². The van der Waals surface area contributed by atoms with Gasteiger partial charge < -0.3 is 14.8 Å². The molecule has 1 amide bonds. The Labute approximate surface area is 163 Å². The third kappa shape index (κ3) is 5.20. The van der Waals surface area contributed by atoms with Gasteiger partial charge in [0.05, 0.1) is 12.2 Å². The monoisotopic (exact) mass is 375 g/mol. The van der Waals surface area contributed by atoms with Gasteiger partial charge in [0.15, 0.2) is 0 Å². The minimum atomic E-state index is -0.367. The zero-order chi connectivity index (χ0) is 19.8. The predicted octanol–water partition coefficient (Wildman–Crippen LogP) is 5.30. The van der Waals surface area contributed by atoms with Crippen molar-refractivity contribution in [3.8, 4) is 11.5 Å². The highest BCUT2D eigenvalue weighted by Crippen LogP contribution is 2.21. The van der Waals surface area contributed by atoms with E-state index in [4.69, 9.17) is 9.47 Å². The molecule has 1 N–H and O–H groups in total. The van der Waals surface area contributed by atoms with Crippen LogP contribution in [0.2, 0.25) is 0 Å². The quantitative estimate of drug-likeness (QED) is 0.569. The molecular weight excluding hydrogens is 354 g/mol. The van der Waals surface area contributed by atoms with E-state index in [9.17, 15) is 9.59 Å². The number of nitrogens with one attached hydrogen (secondary N) is 1. The molecule has 0 heterocycles. The van der Waals surface area contributed by atoms with Crippen molar-refractivity contribution >= 4 is 17.6 Å². The first-order valence-electron chi connectivity index (χ1n) is 9.07. The van der Waals surface area contributed by atoms with Gasteiger partial charge in [-0.3, -0.25) is 4.79 Å². The van der Waals surface area contributed by atoms with E-state index in [1.807, 2.05) is 37.3 Å². The van der Waals surface area contributed by atoms with Crippen molar-refractivity contribution in [3.05, 3.63) is 90.0 Å². The molecule has 3 aromatic carbocycles. The number of ether oxygens (including phenoxy) is 2. The van der Waals surface area contributed by atoms with Crippen LogP contribution in [0.1, 0.15) is 34.1 Å². The Bertz CT molecular complexity index is 919. The number of hydrogen-bond donors (Lipinski definition) is 1. The molecule has 28 heavy (non-hydrogen) atoms. The summed E-state index contributed by atoms with van der Waals surface area (Å²) in [5.74, 6) is 0.774. The van der Waals surface area contributed by atoms with Crippen LogP contribution in [0.5, 0.6) is 11.5 Å². The lowest BCUT2D eigenvalue weighted by Gasteiger charge is -2.08. The van der Waals surface area contributed by atoms with Crippen molar-refractivity contribution in [2.24, 2.45) is 0 Å². The number of esters is 1. The molecule has 0 aliphatic carbocycles. The molecule has 3 rings (SSSR count). The molecule has 0 saturated heterocycles. The molecule has 0 saturated carbocycles. The number of para-hydroxylation sites is 1. The van der Waals surface area contributed by atoms with Gasteiger partial charge in [0, 0.05) is 11.3 Å². The first-order chi connectivity index (χ1) is 13.7. The van der Waals surface area contributed by atoms with Gasteiger partial charge in [-0.1, -0.05) is 25.1 Å². The zero-order valence-corrected chi connectivity index (χ0v) is 15.6. The molecule has 0 radical (unpaired) electrons. The van der Waals surface area contributed by atoms with Crippen molar-refractivity contribution in [3.63, 3.8) is 0 Å². The zero-order valence-electron chi connectivity index (χ0n) is 15.6. The van der Waals surface area contributed by atoms with Gasteiger partial charge in [-0.25, -0.2) is 4.79 Å². The minimum absolute atomic E-state index is 0.243. The maximum atomic E-state index is 12.4. The topological polar surface area (TPSA) is 64.6 Å². The van der Waals surface area contributed by atoms with Gasteiger partial charge in [-0.15, -0.1) is 0 Å². The summed E-state index contributed by atoms with van der Waals surface area (Å²) in [6.45, 7) is 2.33. The first-order valence-corrected chi connectivity index (χ1v) is 9.07. The second-order valence-corrected chi connectivity index (χ2v) is 6.11. The Hall–Kier alpha value is -3.60. The van der Waals surface area contributed by atoms with Gasteiger partial charge in [0.25, 0.3) is 5.91 Å². The van der Waals surface area contributed by atoms with Gasteiger partial charge in [0.1, 0.15) is 11.5 Å². The van der Waals surface area contributed by atoms with E-state index in [1.54, 1.807) is 48.5 Å². The number of amides is 1. The van der Waals surface area contributed by atoms with Crippen LogP contribution >= 0.6 is 0 Å². The summed E-state index contributed by atoms with van der Waals surface area (Å²) in [5, 5.41) is 2.80. The molecule has 0 spiro atoms. The number of hydrogen-bond acceptors (Lipinski definition) is 4. The molecule has 0 aliphatic rings. The molecule has 0 unspecified atom stereocenters. The van der Waals surface area contributed by atoms with Crippen LogP contribution in [0.3, 0.4) is 0 Å². The lowest BCUT2D eigenvalue weighted by molar-refractivity contribution is 0.0505. The predicted molar refractivity (Wildman–Crippen MR) is 108 cm³/mol. The molecule has 0 bridgehead atoms. The maximum Gasteiger partial charge on any atom is 0.338 e. The fourth-order valence-electron chi connectivity index (χ4n) is 2.47. The summed E-state index contributed by atoms with van der Waals surface area (Å²) in [5.41, 5.74) is 1.56. The third-order valence-electron chi connectivity index (χ3n) is 3.91. The Morgan fingerprint density at radius 2 is 1.39 bits per heavy atom. The summed E-state index contributed by atoms with van der Waals surface area (Å²) < 4.78 is 10.8. The maximum absolute atomic E-state index is 12.4. The molecule has 142 valence electrons.